The Morgan fingerprint density at radius 1 is 1.09 bits per heavy atom. The van der Waals surface area contributed by atoms with E-state index in [2.05, 4.69) is 0 Å². The van der Waals surface area contributed by atoms with Crippen LogP contribution in [0.1, 0.15) is 30.9 Å². The lowest BCUT2D eigenvalue weighted by atomic mass is 9.89. The Morgan fingerprint density at radius 2 is 1.48 bits per heavy atom. The number of rotatable bonds is 4. The van der Waals surface area contributed by atoms with Gasteiger partial charge in [0.2, 0.25) is 0 Å². The van der Waals surface area contributed by atoms with E-state index in [-0.39, 0.29) is 17.0 Å². The number of nitrogens with zero attached hydrogens (tertiary/aromatic N) is 2. The fourth-order valence-corrected chi connectivity index (χ4v) is 2.61. The van der Waals surface area contributed by atoms with Gasteiger partial charge in [0.1, 0.15) is 0 Å². The van der Waals surface area contributed by atoms with Crippen molar-refractivity contribution in [1.29, 1.82) is 5.26 Å². The molecule has 0 amide bonds. The summed E-state index contributed by atoms with van der Waals surface area (Å²) in [6.07, 6.45) is 0. The van der Waals surface area contributed by atoms with Crippen molar-refractivity contribution in [2.45, 2.75) is 25.1 Å². The Balaban J connectivity index is 0.000000816. The Morgan fingerprint density at radius 3 is 1.83 bits per heavy atom. The highest BCUT2D eigenvalue weighted by Gasteiger charge is 2.20. The van der Waals surface area contributed by atoms with Crippen LogP contribution in [0.15, 0.2) is 48.5 Å². The van der Waals surface area contributed by atoms with Crippen molar-refractivity contribution in [2.75, 3.05) is 0 Å². The third-order valence-electron chi connectivity index (χ3n) is 3.15. The van der Waals surface area contributed by atoms with Crippen LogP contribution in [0, 0.1) is 21.4 Å². The molecule has 0 fully saturated rings. The molecule has 0 N–H and O–H groups in total. The number of nitro benzene ring substituents is 1. The molecule has 0 aliphatic carbocycles. The number of alkyl halides is 1. The highest BCUT2D eigenvalue weighted by molar-refractivity contribution is 6.30. The number of nitro groups is 1. The molecule has 0 saturated carbocycles. The summed E-state index contributed by atoms with van der Waals surface area (Å²) >= 11 is 12.2. The van der Waals surface area contributed by atoms with Gasteiger partial charge >= 0.3 is 0 Å². The van der Waals surface area contributed by atoms with Crippen LogP contribution in [0.2, 0.25) is 5.02 Å². The largest absolute Gasteiger partial charge is 0.269 e. The molecule has 0 radical (unpaired) electrons. The van der Waals surface area contributed by atoms with Gasteiger partial charge < -0.3 is 0 Å². The predicted molar refractivity (Wildman–Crippen MR) is 93.0 cm³/mol. The molecule has 0 bridgehead atoms. The number of hydrogen-bond acceptors (Lipinski definition) is 3. The zero-order valence-electron chi connectivity index (χ0n) is 12.7. The summed E-state index contributed by atoms with van der Waals surface area (Å²) in [6.45, 7) is 3.34. The maximum absolute atomic E-state index is 10.7. The standard InChI is InChI=1S/C15H13Cl2NO2.C2H3N/c1-10(16)15(11-2-6-13(17)7-3-11)12-4-8-14(9-5-12)18(19)20;1-2-3/h2-10,15H,1H3;1H3. The molecule has 0 saturated heterocycles. The van der Waals surface area contributed by atoms with Gasteiger partial charge in [-0.25, -0.2) is 0 Å². The molecule has 0 aliphatic rings. The van der Waals surface area contributed by atoms with Crippen LogP contribution in [-0.4, -0.2) is 10.3 Å². The number of non-ortho nitro benzene ring substituents is 1. The molecule has 2 aromatic rings. The summed E-state index contributed by atoms with van der Waals surface area (Å²) < 4.78 is 0. The summed E-state index contributed by atoms with van der Waals surface area (Å²) in [4.78, 5) is 10.3. The molecule has 0 aromatic heterocycles. The van der Waals surface area contributed by atoms with Gasteiger partial charge in [-0.2, -0.15) is 5.26 Å². The SMILES string of the molecule is CC#N.CC(Cl)C(c1ccc(Cl)cc1)c1ccc([N+](=O)[O-])cc1. The second-order valence-electron chi connectivity index (χ2n) is 4.78. The van der Waals surface area contributed by atoms with Crippen molar-refractivity contribution in [3.63, 3.8) is 0 Å². The molecular weight excluding hydrogens is 335 g/mol. The molecule has 120 valence electrons. The minimum absolute atomic E-state index is 0.0327. The fraction of sp³-hybridized carbons (Fsp3) is 0.235. The van der Waals surface area contributed by atoms with Crippen LogP contribution in [0.4, 0.5) is 5.69 Å². The molecule has 0 aliphatic heterocycles. The van der Waals surface area contributed by atoms with Crippen LogP contribution in [0.5, 0.6) is 0 Å². The highest BCUT2D eigenvalue weighted by Crippen LogP contribution is 2.32. The summed E-state index contributed by atoms with van der Waals surface area (Å²) in [6, 6.07) is 15.7. The van der Waals surface area contributed by atoms with Gasteiger partial charge in [0, 0.05) is 35.4 Å². The molecule has 0 spiro atoms. The zero-order chi connectivity index (χ0) is 17.4. The summed E-state index contributed by atoms with van der Waals surface area (Å²) in [5, 5.41) is 18.5. The minimum atomic E-state index is -0.412. The van der Waals surface area contributed by atoms with Crippen molar-refractivity contribution in [3.05, 3.63) is 74.8 Å². The number of halogens is 2. The third-order valence-corrected chi connectivity index (χ3v) is 3.66. The second-order valence-corrected chi connectivity index (χ2v) is 5.90. The molecule has 6 heteroatoms. The zero-order valence-corrected chi connectivity index (χ0v) is 14.3. The van der Waals surface area contributed by atoms with E-state index in [1.54, 1.807) is 18.2 Å². The molecular formula is C17H16Cl2N2O2. The smallest absolute Gasteiger partial charge is 0.258 e. The van der Waals surface area contributed by atoms with E-state index in [9.17, 15) is 10.1 Å². The van der Waals surface area contributed by atoms with Crippen LogP contribution in [-0.2, 0) is 0 Å². The highest BCUT2D eigenvalue weighted by atomic mass is 35.5. The summed E-state index contributed by atoms with van der Waals surface area (Å²) in [7, 11) is 0. The van der Waals surface area contributed by atoms with Crippen molar-refractivity contribution < 1.29 is 4.92 Å². The Kier molecular flexibility index (Phi) is 7.53. The van der Waals surface area contributed by atoms with Crippen molar-refractivity contribution in [1.82, 2.24) is 0 Å². The van der Waals surface area contributed by atoms with Crippen molar-refractivity contribution in [3.8, 4) is 6.07 Å². The van der Waals surface area contributed by atoms with Gasteiger partial charge in [-0.05, 0) is 30.2 Å². The lowest BCUT2D eigenvalue weighted by Gasteiger charge is -2.20. The lowest BCUT2D eigenvalue weighted by Crippen LogP contribution is -2.11. The Bertz CT molecular complexity index is 677. The maximum Gasteiger partial charge on any atom is 0.269 e. The average Bonchev–Trinajstić information content (AvgIpc) is 2.50. The quantitative estimate of drug-likeness (QED) is 0.413. The maximum atomic E-state index is 10.7. The molecule has 2 rings (SSSR count). The molecule has 2 unspecified atom stereocenters. The minimum Gasteiger partial charge on any atom is -0.258 e. The van der Waals surface area contributed by atoms with E-state index in [0.29, 0.717) is 5.02 Å². The number of nitriles is 1. The normalized spacial score (nSPS) is 12.3. The topological polar surface area (TPSA) is 66.9 Å². The van der Waals surface area contributed by atoms with E-state index >= 15 is 0 Å². The number of hydrogen-bond donors (Lipinski definition) is 0. The molecule has 4 nitrogen and oxygen atoms in total. The van der Waals surface area contributed by atoms with Crippen LogP contribution >= 0.6 is 23.2 Å². The first kappa shape index (κ1) is 19.0. The first-order chi connectivity index (χ1) is 10.9. The Labute approximate surface area is 145 Å². The second kappa shape index (κ2) is 9.14. The van der Waals surface area contributed by atoms with Crippen LogP contribution < -0.4 is 0 Å². The van der Waals surface area contributed by atoms with Gasteiger partial charge in [-0.15, -0.1) is 11.6 Å². The van der Waals surface area contributed by atoms with Gasteiger partial charge in [-0.1, -0.05) is 35.9 Å². The van der Waals surface area contributed by atoms with Crippen LogP contribution in [0.3, 0.4) is 0 Å². The van der Waals surface area contributed by atoms with Gasteiger partial charge in [-0.3, -0.25) is 10.1 Å². The molecule has 23 heavy (non-hydrogen) atoms. The first-order valence-corrected chi connectivity index (χ1v) is 7.66. The average molecular weight is 351 g/mol. The van der Waals surface area contributed by atoms with E-state index in [1.807, 2.05) is 31.2 Å². The monoisotopic (exact) mass is 350 g/mol. The van der Waals surface area contributed by atoms with E-state index in [4.69, 9.17) is 28.5 Å². The van der Waals surface area contributed by atoms with Gasteiger partial charge in [0.15, 0.2) is 0 Å². The Hall–Kier alpha value is -2.09. The van der Waals surface area contributed by atoms with Gasteiger partial charge in [0.05, 0.1) is 11.0 Å². The van der Waals surface area contributed by atoms with Crippen molar-refractivity contribution >= 4 is 28.9 Å². The fourth-order valence-electron chi connectivity index (χ4n) is 2.20. The van der Waals surface area contributed by atoms with Gasteiger partial charge in [0.25, 0.3) is 5.69 Å². The first-order valence-electron chi connectivity index (χ1n) is 6.85. The van der Waals surface area contributed by atoms with E-state index in [0.717, 1.165) is 11.1 Å². The van der Waals surface area contributed by atoms with Crippen molar-refractivity contribution in [2.24, 2.45) is 0 Å². The van der Waals surface area contributed by atoms with E-state index < -0.39 is 4.92 Å². The van der Waals surface area contributed by atoms with E-state index in [1.165, 1.54) is 19.1 Å². The third kappa shape index (κ3) is 5.55. The summed E-state index contributed by atoms with van der Waals surface area (Å²) in [5.74, 6) is -0.0327. The van der Waals surface area contributed by atoms with Crippen LogP contribution in [0.25, 0.3) is 0 Å². The number of benzene rings is 2. The molecule has 2 aromatic carbocycles. The molecule has 0 heterocycles. The predicted octanol–water partition coefficient (Wildman–Crippen LogP) is 5.54. The molecule has 2 atom stereocenters. The summed E-state index contributed by atoms with van der Waals surface area (Å²) in [5.41, 5.74) is 2.05. The lowest BCUT2D eigenvalue weighted by molar-refractivity contribution is -0.384.